The van der Waals surface area contributed by atoms with E-state index < -0.39 is 5.97 Å². The van der Waals surface area contributed by atoms with E-state index in [1.54, 1.807) is 26.4 Å². The zero-order chi connectivity index (χ0) is 24.8. The standard InChI is InChI=1S/C28H30O7/c1-31-24-14-18(6-10-22(24)28(29)30)4-8-20-16-25(32-2)26(33-3)17-21(20)9-5-19-7-11-23-27(15-19)35-13-12-34-23/h6-7,10-11,14-17H,4-5,8-9,12-13H2,1-3H3,(H,29,30). The van der Waals surface area contributed by atoms with Crippen LogP contribution in [0.25, 0.3) is 0 Å². The van der Waals surface area contributed by atoms with E-state index in [0.29, 0.717) is 30.5 Å². The van der Waals surface area contributed by atoms with Crippen LogP contribution < -0.4 is 23.7 Å². The third-order valence-corrected chi connectivity index (χ3v) is 6.17. The summed E-state index contributed by atoms with van der Waals surface area (Å²) in [7, 11) is 4.75. The van der Waals surface area contributed by atoms with Crippen molar-refractivity contribution in [3.8, 4) is 28.7 Å². The molecule has 1 N–H and O–H groups in total. The lowest BCUT2D eigenvalue weighted by Gasteiger charge is -2.19. The number of ether oxygens (including phenoxy) is 5. The summed E-state index contributed by atoms with van der Waals surface area (Å²) in [6.07, 6.45) is 3.13. The van der Waals surface area contributed by atoms with Crippen LogP contribution in [0.3, 0.4) is 0 Å². The quantitative estimate of drug-likeness (QED) is 0.450. The second-order valence-corrected chi connectivity index (χ2v) is 8.29. The monoisotopic (exact) mass is 478 g/mol. The first-order chi connectivity index (χ1) is 17.0. The first-order valence-corrected chi connectivity index (χ1v) is 11.5. The SMILES string of the molecule is COc1cc(CCc2ccc3c(c2)OCCO3)c(CCc2ccc(C(=O)O)c(OC)c2)cc1OC. The minimum atomic E-state index is -1.00. The minimum Gasteiger partial charge on any atom is -0.496 e. The number of aryl methyl sites for hydroxylation is 4. The first-order valence-electron chi connectivity index (χ1n) is 11.5. The lowest BCUT2D eigenvalue weighted by atomic mass is 9.94. The molecule has 0 fully saturated rings. The number of aromatic carboxylic acids is 1. The van der Waals surface area contributed by atoms with Crippen molar-refractivity contribution in [2.45, 2.75) is 25.7 Å². The molecule has 1 heterocycles. The Morgan fingerprint density at radius 2 is 1.26 bits per heavy atom. The summed E-state index contributed by atoms with van der Waals surface area (Å²) in [4.78, 5) is 11.4. The highest BCUT2D eigenvalue weighted by Crippen LogP contribution is 2.34. The number of hydrogen-bond acceptors (Lipinski definition) is 6. The van der Waals surface area contributed by atoms with Crippen molar-refractivity contribution in [2.75, 3.05) is 34.5 Å². The highest BCUT2D eigenvalue weighted by molar-refractivity contribution is 5.91. The number of carboxylic acid groups (broad SMARTS) is 1. The summed E-state index contributed by atoms with van der Waals surface area (Å²) in [5.41, 5.74) is 4.65. The number of benzene rings is 3. The van der Waals surface area contributed by atoms with E-state index in [-0.39, 0.29) is 5.56 Å². The maximum atomic E-state index is 11.4. The van der Waals surface area contributed by atoms with Gasteiger partial charge in [-0.05, 0) is 84.3 Å². The second-order valence-electron chi connectivity index (χ2n) is 8.29. The Kier molecular flexibility index (Phi) is 7.65. The van der Waals surface area contributed by atoms with Crippen molar-refractivity contribution < 1.29 is 33.6 Å². The number of carbonyl (C=O) groups is 1. The van der Waals surface area contributed by atoms with Gasteiger partial charge in [-0.15, -0.1) is 0 Å². The summed E-state index contributed by atoms with van der Waals surface area (Å²) < 4.78 is 27.7. The van der Waals surface area contributed by atoms with Crippen LogP contribution in [0.2, 0.25) is 0 Å². The molecule has 35 heavy (non-hydrogen) atoms. The molecule has 0 aliphatic carbocycles. The Morgan fingerprint density at radius 1 is 0.714 bits per heavy atom. The van der Waals surface area contributed by atoms with Gasteiger partial charge >= 0.3 is 5.97 Å². The average molecular weight is 479 g/mol. The fraction of sp³-hybridized carbons (Fsp3) is 0.321. The zero-order valence-electron chi connectivity index (χ0n) is 20.3. The first kappa shape index (κ1) is 24.3. The normalized spacial score (nSPS) is 12.2. The summed E-state index contributed by atoms with van der Waals surface area (Å²) in [5, 5.41) is 9.34. The number of carboxylic acids is 1. The minimum absolute atomic E-state index is 0.155. The molecule has 1 aliphatic heterocycles. The van der Waals surface area contributed by atoms with Crippen LogP contribution in [0.5, 0.6) is 28.7 Å². The lowest BCUT2D eigenvalue weighted by molar-refractivity contribution is 0.0693. The fourth-order valence-electron chi connectivity index (χ4n) is 4.30. The van der Waals surface area contributed by atoms with E-state index in [4.69, 9.17) is 23.7 Å². The Hall–Kier alpha value is -3.87. The number of fused-ring (bicyclic) bond motifs is 1. The molecule has 4 rings (SSSR count). The summed E-state index contributed by atoms with van der Waals surface area (Å²) in [5.74, 6) is 2.32. The molecule has 1 aliphatic rings. The molecule has 0 amide bonds. The highest BCUT2D eigenvalue weighted by atomic mass is 16.6. The van der Waals surface area contributed by atoms with Crippen molar-refractivity contribution in [3.63, 3.8) is 0 Å². The van der Waals surface area contributed by atoms with E-state index in [2.05, 4.69) is 6.07 Å². The van der Waals surface area contributed by atoms with E-state index in [1.165, 1.54) is 18.2 Å². The molecular weight excluding hydrogens is 448 g/mol. The third-order valence-electron chi connectivity index (χ3n) is 6.17. The van der Waals surface area contributed by atoms with Crippen LogP contribution in [0.4, 0.5) is 0 Å². The van der Waals surface area contributed by atoms with Crippen molar-refractivity contribution >= 4 is 5.97 Å². The molecule has 0 atom stereocenters. The average Bonchev–Trinajstić information content (AvgIpc) is 2.90. The summed E-state index contributed by atoms with van der Waals surface area (Å²) in [6.45, 7) is 1.14. The van der Waals surface area contributed by atoms with Crippen molar-refractivity contribution in [1.29, 1.82) is 0 Å². The Labute approximate surface area is 205 Å². The second kappa shape index (κ2) is 11.0. The topological polar surface area (TPSA) is 83.5 Å². The molecule has 184 valence electrons. The van der Waals surface area contributed by atoms with Crippen LogP contribution in [-0.4, -0.2) is 45.6 Å². The number of rotatable bonds is 10. The van der Waals surface area contributed by atoms with E-state index in [9.17, 15) is 9.90 Å². The van der Waals surface area contributed by atoms with Crippen molar-refractivity contribution in [3.05, 3.63) is 76.3 Å². The maximum Gasteiger partial charge on any atom is 0.339 e. The number of hydrogen-bond donors (Lipinski definition) is 1. The molecule has 0 bridgehead atoms. The third kappa shape index (κ3) is 5.62. The van der Waals surface area contributed by atoms with Crippen LogP contribution in [0, 0.1) is 0 Å². The van der Waals surface area contributed by atoms with E-state index >= 15 is 0 Å². The van der Waals surface area contributed by atoms with Gasteiger partial charge in [-0.2, -0.15) is 0 Å². The van der Waals surface area contributed by atoms with Gasteiger partial charge in [0.15, 0.2) is 23.0 Å². The molecule has 0 saturated carbocycles. The lowest BCUT2D eigenvalue weighted by Crippen LogP contribution is -2.15. The molecule has 0 unspecified atom stereocenters. The van der Waals surface area contributed by atoms with Crippen LogP contribution in [0.15, 0.2) is 48.5 Å². The van der Waals surface area contributed by atoms with Gasteiger partial charge in [0.25, 0.3) is 0 Å². The van der Waals surface area contributed by atoms with Gasteiger partial charge in [0.05, 0.1) is 21.3 Å². The van der Waals surface area contributed by atoms with Crippen LogP contribution in [-0.2, 0) is 25.7 Å². The molecule has 0 radical (unpaired) electrons. The fourth-order valence-corrected chi connectivity index (χ4v) is 4.30. The molecule has 0 spiro atoms. The molecule has 0 saturated heterocycles. The predicted molar refractivity (Wildman–Crippen MR) is 132 cm³/mol. The summed E-state index contributed by atoms with van der Waals surface area (Å²) in [6, 6.07) is 15.4. The van der Waals surface area contributed by atoms with E-state index in [0.717, 1.165) is 48.3 Å². The zero-order valence-corrected chi connectivity index (χ0v) is 20.3. The smallest absolute Gasteiger partial charge is 0.339 e. The predicted octanol–water partition coefficient (Wildman–Crippen LogP) is 4.75. The van der Waals surface area contributed by atoms with Gasteiger partial charge < -0.3 is 28.8 Å². The van der Waals surface area contributed by atoms with Gasteiger partial charge in [0.2, 0.25) is 0 Å². The molecule has 7 heteroatoms. The Balaban J connectivity index is 1.55. The summed E-state index contributed by atoms with van der Waals surface area (Å²) >= 11 is 0. The van der Waals surface area contributed by atoms with E-state index in [1.807, 2.05) is 30.3 Å². The van der Waals surface area contributed by atoms with Gasteiger partial charge in [-0.25, -0.2) is 4.79 Å². The van der Waals surface area contributed by atoms with Crippen molar-refractivity contribution in [1.82, 2.24) is 0 Å². The Morgan fingerprint density at radius 3 is 1.83 bits per heavy atom. The van der Waals surface area contributed by atoms with Gasteiger partial charge in [-0.3, -0.25) is 0 Å². The molecule has 0 aromatic heterocycles. The molecule has 3 aromatic rings. The van der Waals surface area contributed by atoms with Gasteiger partial charge in [0, 0.05) is 0 Å². The van der Waals surface area contributed by atoms with Crippen LogP contribution in [0.1, 0.15) is 32.6 Å². The van der Waals surface area contributed by atoms with Crippen molar-refractivity contribution in [2.24, 2.45) is 0 Å². The number of methoxy groups -OCH3 is 3. The molecular formula is C28H30O7. The highest BCUT2D eigenvalue weighted by Gasteiger charge is 2.16. The Bertz CT molecular complexity index is 1200. The maximum absolute atomic E-state index is 11.4. The van der Waals surface area contributed by atoms with Gasteiger partial charge in [0.1, 0.15) is 24.5 Å². The molecule has 3 aromatic carbocycles. The van der Waals surface area contributed by atoms with Crippen LogP contribution >= 0.6 is 0 Å². The largest absolute Gasteiger partial charge is 0.496 e. The molecule has 7 nitrogen and oxygen atoms in total. The van der Waals surface area contributed by atoms with Gasteiger partial charge in [-0.1, -0.05) is 12.1 Å².